The number of hydrogen-bond donors (Lipinski definition) is 3. The Morgan fingerprint density at radius 1 is 1.16 bits per heavy atom. The van der Waals surface area contributed by atoms with Gasteiger partial charge in [0.05, 0.1) is 11.8 Å². The molecule has 2 aromatic carbocycles. The van der Waals surface area contributed by atoms with Crippen LogP contribution in [0.25, 0.3) is 11.1 Å². The smallest absolute Gasteiger partial charge is 0.264 e. The zero-order valence-corrected chi connectivity index (χ0v) is 18.4. The first-order valence-electron chi connectivity index (χ1n) is 9.81. The molecule has 0 fully saturated rings. The Morgan fingerprint density at radius 2 is 1.68 bits per heavy atom. The second kappa shape index (κ2) is 8.78. The Bertz CT molecular complexity index is 1080. The molecule has 1 heterocycles. The molecule has 8 nitrogen and oxygen atoms in total. The quantitative estimate of drug-likeness (QED) is 0.443. The van der Waals surface area contributed by atoms with E-state index in [1.807, 2.05) is 48.5 Å². The number of carbonyl (C=O) groups is 1. The Morgan fingerprint density at radius 3 is 2.16 bits per heavy atom. The van der Waals surface area contributed by atoms with Crippen molar-refractivity contribution in [3.63, 3.8) is 0 Å². The minimum absolute atomic E-state index is 0.140. The van der Waals surface area contributed by atoms with Crippen LogP contribution < -0.4 is 5.48 Å². The third-order valence-corrected chi connectivity index (χ3v) is 7.68. The number of hydrogen-bond acceptors (Lipinski definition) is 7. The summed E-state index contributed by atoms with van der Waals surface area (Å²) in [5.41, 5.74) is 5.78. The van der Waals surface area contributed by atoms with E-state index in [-0.39, 0.29) is 6.42 Å². The van der Waals surface area contributed by atoms with Crippen molar-refractivity contribution in [1.82, 2.24) is 5.48 Å². The van der Waals surface area contributed by atoms with Crippen LogP contribution in [0.2, 0.25) is 0 Å². The van der Waals surface area contributed by atoms with Crippen molar-refractivity contribution in [2.24, 2.45) is 5.16 Å². The number of amides is 1. The number of rotatable bonds is 7. The van der Waals surface area contributed by atoms with E-state index in [2.05, 4.69) is 5.16 Å². The molecule has 1 aliphatic rings. The minimum Gasteiger partial charge on any atom is -0.392 e. The fourth-order valence-electron chi connectivity index (χ4n) is 3.48. The molecule has 0 spiro atoms. The van der Waals surface area contributed by atoms with Gasteiger partial charge in [-0.15, -0.1) is 0 Å². The van der Waals surface area contributed by atoms with Gasteiger partial charge >= 0.3 is 0 Å². The van der Waals surface area contributed by atoms with Crippen LogP contribution in [0.15, 0.2) is 53.7 Å². The molecular formula is C22H26N2O6S. The SMILES string of the molecule is CC(O)c1ccc(-c2ccc(C3=NOC(CC(C)(C(=O)NO)S(C)(=O)=O)C3)cc2)cc1. The van der Waals surface area contributed by atoms with E-state index in [0.717, 1.165) is 28.5 Å². The summed E-state index contributed by atoms with van der Waals surface area (Å²) < 4.78 is 22.5. The summed E-state index contributed by atoms with van der Waals surface area (Å²) in [6.07, 6.45) is 0.0221. The van der Waals surface area contributed by atoms with Crippen molar-refractivity contribution in [2.75, 3.05) is 6.26 Å². The van der Waals surface area contributed by atoms with Crippen LogP contribution in [0.1, 0.15) is 43.9 Å². The van der Waals surface area contributed by atoms with Gasteiger partial charge in [0.2, 0.25) is 0 Å². The lowest BCUT2D eigenvalue weighted by molar-refractivity contribution is -0.132. The number of benzene rings is 2. The molecular weight excluding hydrogens is 420 g/mol. The van der Waals surface area contributed by atoms with Gasteiger partial charge < -0.3 is 9.94 Å². The van der Waals surface area contributed by atoms with Crippen LogP contribution in [-0.4, -0.2) is 47.5 Å². The Hall–Kier alpha value is -2.75. The molecule has 1 aliphatic heterocycles. The molecule has 3 N–H and O–H groups in total. The van der Waals surface area contributed by atoms with E-state index < -0.39 is 32.7 Å². The summed E-state index contributed by atoms with van der Waals surface area (Å²) in [4.78, 5) is 17.4. The van der Waals surface area contributed by atoms with Gasteiger partial charge in [-0.3, -0.25) is 10.0 Å². The lowest BCUT2D eigenvalue weighted by Gasteiger charge is -2.26. The Labute approximate surface area is 181 Å². The molecule has 0 aromatic heterocycles. The summed E-state index contributed by atoms with van der Waals surface area (Å²) >= 11 is 0. The monoisotopic (exact) mass is 446 g/mol. The topological polar surface area (TPSA) is 125 Å². The lowest BCUT2D eigenvalue weighted by Crippen LogP contribution is -2.51. The minimum atomic E-state index is -3.81. The van der Waals surface area contributed by atoms with Crippen LogP contribution in [0.4, 0.5) is 0 Å². The van der Waals surface area contributed by atoms with Crippen molar-refractivity contribution in [3.05, 3.63) is 59.7 Å². The number of aliphatic hydroxyl groups is 1. The molecule has 2 aromatic rings. The van der Waals surface area contributed by atoms with Gasteiger partial charge in [0.15, 0.2) is 14.6 Å². The van der Waals surface area contributed by atoms with E-state index in [1.54, 1.807) is 6.92 Å². The number of carbonyl (C=O) groups excluding carboxylic acids is 1. The largest absolute Gasteiger partial charge is 0.392 e. The summed E-state index contributed by atoms with van der Waals surface area (Å²) in [5, 5.41) is 22.7. The first kappa shape index (κ1) is 22.9. The highest BCUT2D eigenvalue weighted by atomic mass is 32.2. The van der Waals surface area contributed by atoms with Crippen molar-refractivity contribution >= 4 is 21.5 Å². The maximum absolute atomic E-state index is 12.1. The van der Waals surface area contributed by atoms with E-state index >= 15 is 0 Å². The van der Waals surface area contributed by atoms with Crippen LogP contribution in [0.3, 0.4) is 0 Å². The molecule has 3 unspecified atom stereocenters. The van der Waals surface area contributed by atoms with E-state index in [1.165, 1.54) is 12.4 Å². The summed E-state index contributed by atoms with van der Waals surface area (Å²) in [7, 11) is -3.81. The van der Waals surface area contributed by atoms with Crippen molar-refractivity contribution < 1.29 is 28.4 Å². The average molecular weight is 447 g/mol. The molecule has 31 heavy (non-hydrogen) atoms. The Kier molecular flexibility index (Phi) is 6.49. The predicted octanol–water partition coefficient (Wildman–Crippen LogP) is 2.60. The zero-order valence-electron chi connectivity index (χ0n) is 17.6. The molecule has 0 saturated heterocycles. The number of hydroxylamine groups is 1. The maximum Gasteiger partial charge on any atom is 0.264 e. The number of nitrogens with zero attached hydrogens (tertiary/aromatic N) is 1. The third kappa shape index (κ3) is 4.79. The molecule has 0 radical (unpaired) electrons. The molecule has 9 heteroatoms. The molecule has 3 rings (SSSR count). The fraction of sp³-hybridized carbons (Fsp3) is 0.364. The summed E-state index contributed by atoms with van der Waals surface area (Å²) in [6.45, 7) is 2.98. The highest BCUT2D eigenvalue weighted by Gasteiger charge is 2.47. The van der Waals surface area contributed by atoms with Gasteiger partial charge in [0.25, 0.3) is 5.91 Å². The molecule has 0 bridgehead atoms. The first-order chi connectivity index (χ1) is 14.5. The number of oxime groups is 1. The van der Waals surface area contributed by atoms with Gasteiger partial charge in [-0.1, -0.05) is 53.7 Å². The first-order valence-corrected chi connectivity index (χ1v) is 11.7. The number of aliphatic hydroxyl groups excluding tert-OH is 1. The van der Waals surface area contributed by atoms with Crippen LogP contribution in [-0.2, 0) is 19.5 Å². The van der Waals surface area contributed by atoms with Gasteiger partial charge in [0, 0.05) is 19.1 Å². The Balaban J connectivity index is 1.70. The third-order valence-electron chi connectivity index (χ3n) is 5.69. The van der Waals surface area contributed by atoms with Gasteiger partial charge in [0.1, 0.15) is 6.10 Å². The number of sulfone groups is 1. The van der Waals surface area contributed by atoms with Gasteiger partial charge in [-0.2, -0.15) is 0 Å². The zero-order chi connectivity index (χ0) is 22.8. The van der Waals surface area contributed by atoms with Crippen molar-refractivity contribution in [1.29, 1.82) is 0 Å². The normalized spacial score (nSPS) is 19.1. The highest BCUT2D eigenvalue weighted by molar-refractivity contribution is 7.92. The van der Waals surface area contributed by atoms with E-state index in [9.17, 15) is 18.3 Å². The molecule has 1 amide bonds. The fourth-order valence-corrected chi connectivity index (χ4v) is 4.35. The predicted molar refractivity (Wildman–Crippen MR) is 116 cm³/mol. The van der Waals surface area contributed by atoms with Gasteiger partial charge in [-0.25, -0.2) is 13.9 Å². The van der Waals surface area contributed by atoms with Crippen molar-refractivity contribution in [3.8, 4) is 11.1 Å². The summed E-state index contributed by atoms with van der Waals surface area (Å²) in [5.74, 6) is -1.00. The second-order valence-corrected chi connectivity index (χ2v) is 10.4. The standard InChI is InChI=1S/C22H26N2O6S/c1-14(25)15-4-6-16(7-5-15)17-8-10-18(11-9-17)20-12-19(30-24-20)13-22(2,21(26)23-27)31(3,28)29/h4-11,14,19,25,27H,12-13H2,1-3H3,(H,23,26). The maximum atomic E-state index is 12.1. The molecule has 166 valence electrons. The summed E-state index contributed by atoms with van der Waals surface area (Å²) in [6, 6.07) is 15.4. The second-order valence-electron chi connectivity index (χ2n) is 7.99. The molecule has 0 saturated carbocycles. The van der Waals surface area contributed by atoms with E-state index in [0.29, 0.717) is 12.1 Å². The van der Waals surface area contributed by atoms with Gasteiger partial charge in [-0.05, 0) is 36.1 Å². The average Bonchev–Trinajstić information content (AvgIpc) is 3.20. The van der Waals surface area contributed by atoms with E-state index in [4.69, 9.17) is 10.0 Å². The van der Waals surface area contributed by atoms with Crippen LogP contribution >= 0.6 is 0 Å². The van der Waals surface area contributed by atoms with Crippen LogP contribution in [0.5, 0.6) is 0 Å². The highest BCUT2D eigenvalue weighted by Crippen LogP contribution is 2.30. The lowest BCUT2D eigenvalue weighted by atomic mass is 9.95. The van der Waals surface area contributed by atoms with Crippen LogP contribution in [0, 0.1) is 0 Å². The molecule has 0 aliphatic carbocycles. The molecule has 3 atom stereocenters. The van der Waals surface area contributed by atoms with Crippen molar-refractivity contribution in [2.45, 2.75) is 43.6 Å². The number of nitrogens with one attached hydrogen (secondary N) is 1.